The first kappa shape index (κ1) is 18.1. The molecule has 6 nitrogen and oxygen atoms in total. The van der Waals surface area contributed by atoms with Crippen LogP contribution in [-0.4, -0.2) is 29.8 Å². The molecule has 0 saturated carbocycles. The van der Waals surface area contributed by atoms with Gasteiger partial charge in [-0.25, -0.2) is 13.4 Å². The lowest BCUT2D eigenvalue weighted by atomic mass is 10.2. The van der Waals surface area contributed by atoms with E-state index >= 15 is 0 Å². The average molecular weight is 372 g/mol. The van der Waals surface area contributed by atoms with Gasteiger partial charge in [0, 0.05) is 11.3 Å². The SMILES string of the molecule is CC(C)S(=O)(=O)[C@H](C)C(=O)Nc1ccc(-c2nc3ccccc3o2)cc1. The molecule has 7 heteroatoms. The Hall–Kier alpha value is -2.67. The zero-order valence-corrected chi connectivity index (χ0v) is 15.6. The third-order valence-corrected chi connectivity index (χ3v) is 6.73. The Kier molecular flexibility index (Phi) is 4.82. The van der Waals surface area contributed by atoms with Crippen molar-refractivity contribution in [2.75, 3.05) is 5.32 Å². The molecule has 26 heavy (non-hydrogen) atoms. The van der Waals surface area contributed by atoms with Crippen LogP contribution < -0.4 is 5.32 Å². The van der Waals surface area contributed by atoms with E-state index in [1.807, 2.05) is 24.3 Å². The van der Waals surface area contributed by atoms with Crippen molar-refractivity contribution in [3.05, 3.63) is 48.5 Å². The van der Waals surface area contributed by atoms with Crippen molar-refractivity contribution >= 4 is 32.5 Å². The Morgan fingerprint density at radius 2 is 1.69 bits per heavy atom. The summed E-state index contributed by atoms with van der Waals surface area (Å²) >= 11 is 0. The van der Waals surface area contributed by atoms with Crippen LogP contribution in [0.15, 0.2) is 52.9 Å². The highest BCUT2D eigenvalue weighted by molar-refractivity contribution is 7.93. The molecule has 1 aromatic heterocycles. The number of nitrogens with zero attached hydrogens (tertiary/aromatic N) is 1. The predicted molar refractivity (Wildman–Crippen MR) is 102 cm³/mol. The minimum atomic E-state index is -3.50. The number of amides is 1. The largest absolute Gasteiger partial charge is 0.436 e. The fraction of sp³-hybridized carbons (Fsp3) is 0.263. The van der Waals surface area contributed by atoms with Crippen LogP contribution in [0.2, 0.25) is 0 Å². The molecule has 1 amide bonds. The van der Waals surface area contributed by atoms with E-state index < -0.39 is 26.2 Å². The lowest BCUT2D eigenvalue weighted by Crippen LogP contribution is -2.36. The van der Waals surface area contributed by atoms with Crippen molar-refractivity contribution in [1.82, 2.24) is 4.98 Å². The molecule has 0 unspecified atom stereocenters. The zero-order valence-electron chi connectivity index (χ0n) is 14.8. The first-order valence-electron chi connectivity index (χ1n) is 8.28. The van der Waals surface area contributed by atoms with Crippen LogP contribution in [0, 0.1) is 0 Å². The maximum absolute atomic E-state index is 12.2. The Morgan fingerprint density at radius 3 is 2.31 bits per heavy atom. The van der Waals surface area contributed by atoms with Gasteiger partial charge in [0.15, 0.2) is 15.4 Å². The molecule has 1 heterocycles. The summed E-state index contributed by atoms with van der Waals surface area (Å²) in [6.45, 7) is 4.53. The highest BCUT2D eigenvalue weighted by Gasteiger charge is 2.30. The van der Waals surface area contributed by atoms with Crippen molar-refractivity contribution in [2.24, 2.45) is 0 Å². The monoisotopic (exact) mass is 372 g/mol. The van der Waals surface area contributed by atoms with Crippen LogP contribution in [0.25, 0.3) is 22.6 Å². The molecular weight excluding hydrogens is 352 g/mol. The van der Waals surface area contributed by atoms with Crippen LogP contribution >= 0.6 is 0 Å². The first-order chi connectivity index (χ1) is 12.3. The van der Waals surface area contributed by atoms with E-state index in [1.54, 1.807) is 38.1 Å². The van der Waals surface area contributed by atoms with E-state index in [1.165, 1.54) is 6.92 Å². The van der Waals surface area contributed by atoms with Gasteiger partial charge >= 0.3 is 0 Å². The van der Waals surface area contributed by atoms with E-state index in [-0.39, 0.29) is 0 Å². The second-order valence-corrected chi connectivity index (χ2v) is 9.16. The van der Waals surface area contributed by atoms with Gasteiger partial charge in [0.05, 0.1) is 5.25 Å². The summed E-state index contributed by atoms with van der Waals surface area (Å²) in [7, 11) is -3.50. The number of aromatic nitrogens is 1. The van der Waals surface area contributed by atoms with E-state index in [4.69, 9.17) is 4.42 Å². The number of sulfone groups is 1. The van der Waals surface area contributed by atoms with Crippen molar-refractivity contribution in [1.29, 1.82) is 0 Å². The summed E-state index contributed by atoms with van der Waals surface area (Å²) in [5.74, 6) is -0.0619. The Morgan fingerprint density at radius 1 is 1.04 bits per heavy atom. The minimum Gasteiger partial charge on any atom is -0.436 e. The molecule has 1 N–H and O–H groups in total. The summed E-state index contributed by atoms with van der Waals surface area (Å²) in [6, 6.07) is 14.4. The number of carbonyl (C=O) groups excluding carboxylic acids is 1. The molecule has 0 aliphatic rings. The lowest BCUT2D eigenvalue weighted by molar-refractivity contribution is -0.115. The number of anilines is 1. The molecule has 0 aliphatic heterocycles. The molecule has 1 atom stereocenters. The molecule has 0 aliphatic carbocycles. The molecule has 3 rings (SSSR count). The molecule has 2 aromatic carbocycles. The number of benzene rings is 2. The van der Waals surface area contributed by atoms with Crippen molar-refractivity contribution < 1.29 is 17.6 Å². The highest BCUT2D eigenvalue weighted by atomic mass is 32.2. The number of fused-ring (bicyclic) bond motifs is 1. The number of nitrogens with one attached hydrogen (secondary N) is 1. The fourth-order valence-corrected chi connectivity index (χ4v) is 3.67. The Balaban J connectivity index is 1.76. The molecule has 0 spiro atoms. The number of hydrogen-bond acceptors (Lipinski definition) is 5. The topological polar surface area (TPSA) is 89.3 Å². The quantitative estimate of drug-likeness (QED) is 0.738. The maximum Gasteiger partial charge on any atom is 0.242 e. The number of oxazole rings is 1. The van der Waals surface area contributed by atoms with Gasteiger partial charge < -0.3 is 9.73 Å². The number of carbonyl (C=O) groups is 1. The van der Waals surface area contributed by atoms with Gasteiger partial charge in [-0.3, -0.25) is 4.79 Å². The maximum atomic E-state index is 12.2. The van der Waals surface area contributed by atoms with Crippen molar-refractivity contribution in [3.63, 3.8) is 0 Å². The normalized spacial score (nSPS) is 13.1. The zero-order chi connectivity index (χ0) is 18.9. The Bertz CT molecular complexity index is 1000. The predicted octanol–water partition coefficient (Wildman–Crippen LogP) is 3.65. The molecule has 0 bridgehead atoms. The minimum absolute atomic E-state index is 0.486. The molecule has 0 fully saturated rings. The standard InChI is InChI=1S/C19H20N2O4S/c1-12(2)26(23,24)13(3)18(22)20-15-10-8-14(9-11-15)19-21-16-6-4-5-7-17(16)25-19/h4-13H,1-3H3,(H,20,22)/t13-/m1/s1. The number of rotatable bonds is 5. The lowest BCUT2D eigenvalue weighted by Gasteiger charge is -2.15. The molecule has 0 radical (unpaired) electrons. The van der Waals surface area contributed by atoms with Gasteiger partial charge in [-0.15, -0.1) is 0 Å². The third kappa shape index (κ3) is 3.48. The van der Waals surface area contributed by atoms with Gasteiger partial charge in [-0.05, 0) is 57.2 Å². The van der Waals surface area contributed by atoms with E-state index in [9.17, 15) is 13.2 Å². The second kappa shape index (κ2) is 6.92. The van der Waals surface area contributed by atoms with Gasteiger partial charge in [0.2, 0.25) is 11.8 Å². The summed E-state index contributed by atoms with van der Waals surface area (Å²) in [6.07, 6.45) is 0. The smallest absolute Gasteiger partial charge is 0.242 e. The van der Waals surface area contributed by atoms with Crippen LogP contribution in [-0.2, 0) is 14.6 Å². The van der Waals surface area contributed by atoms with Crippen LogP contribution in [0.5, 0.6) is 0 Å². The number of para-hydroxylation sites is 2. The summed E-state index contributed by atoms with van der Waals surface area (Å²) in [5, 5.41) is 0.920. The van der Waals surface area contributed by atoms with E-state index in [0.29, 0.717) is 17.2 Å². The summed E-state index contributed by atoms with van der Waals surface area (Å²) < 4.78 is 29.9. The van der Waals surface area contributed by atoms with Gasteiger partial charge in [0.1, 0.15) is 10.8 Å². The van der Waals surface area contributed by atoms with Gasteiger partial charge in [-0.2, -0.15) is 0 Å². The van der Waals surface area contributed by atoms with Crippen LogP contribution in [0.1, 0.15) is 20.8 Å². The first-order valence-corrected chi connectivity index (χ1v) is 9.89. The second-order valence-electron chi connectivity index (χ2n) is 6.33. The van der Waals surface area contributed by atoms with Gasteiger partial charge in [0.25, 0.3) is 0 Å². The summed E-state index contributed by atoms with van der Waals surface area (Å²) in [5.41, 5.74) is 2.75. The molecule has 136 valence electrons. The van der Waals surface area contributed by atoms with Gasteiger partial charge in [-0.1, -0.05) is 12.1 Å². The van der Waals surface area contributed by atoms with E-state index in [2.05, 4.69) is 10.3 Å². The molecular formula is C19H20N2O4S. The number of hydrogen-bond donors (Lipinski definition) is 1. The molecule has 0 saturated heterocycles. The third-order valence-electron chi connectivity index (χ3n) is 4.21. The van der Waals surface area contributed by atoms with Crippen molar-refractivity contribution in [3.8, 4) is 11.5 Å². The van der Waals surface area contributed by atoms with Crippen molar-refractivity contribution in [2.45, 2.75) is 31.3 Å². The highest BCUT2D eigenvalue weighted by Crippen LogP contribution is 2.25. The van der Waals surface area contributed by atoms with Crippen LogP contribution in [0.4, 0.5) is 5.69 Å². The van der Waals surface area contributed by atoms with E-state index in [0.717, 1.165) is 11.1 Å². The average Bonchev–Trinajstić information content (AvgIpc) is 3.05. The van der Waals surface area contributed by atoms with Crippen LogP contribution in [0.3, 0.4) is 0 Å². The Labute approximate surface area is 152 Å². The molecule has 3 aromatic rings. The summed E-state index contributed by atoms with van der Waals surface area (Å²) in [4.78, 5) is 16.6. The fourth-order valence-electron chi connectivity index (χ4n) is 2.49.